The molecule has 8 heteroatoms. The van der Waals surface area contributed by atoms with Gasteiger partial charge < -0.3 is 14.4 Å². The van der Waals surface area contributed by atoms with Crippen LogP contribution in [0.25, 0.3) is 37.9 Å². The average molecular weight is 500 g/mol. The second kappa shape index (κ2) is 8.88. The Balaban J connectivity index is 1.39. The zero-order chi connectivity index (χ0) is 24.2. The molecule has 0 spiro atoms. The maximum absolute atomic E-state index is 5.65. The summed E-state index contributed by atoms with van der Waals surface area (Å²) in [5.41, 5.74) is 7.17. The molecule has 0 radical (unpaired) electrons. The first-order valence-corrected chi connectivity index (χ1v) is 13.5. The molecule has 0 saturated carbocycles. The minimum atomic E-state index is 0.347. The van der Waals surface area contributed by atoms with Crippen molar-refractivity contribution in [2.75, 3.05) is 51.4 Å². The van der Waals surface area contributed by atoms with Crippen LogP contribution in [0.2, 0.25) is 0 Å². The zero-order valence-corrected chi connectivity index (χ0v) is 21.5. The van der Waals surface area contributed by atoms with E-state index in [0.29, 0.717) is 6.10 Å². The number of allylic oxidation sites excluding steroid dienone is 1. The number of ether oxygens (including phenoxy) is 2. The van der Waals surface area contributed by atoms with Gasteiger partial charge in [0.05, 0.1) is 29.5 Å². The molecule has 0 amide bonds. The molecule has 2 saturated heterocycles. The summed E-state index contributed by atoms with van der Waals surface area (Å²) in [4.78, 5) is 21.1. The Bertz CT molecular complexity index is 1500. The lowest BCUT2D eigenvalue weighted by Gasteiger charge is -2.38. The van der Waals surface area contributed by atoms with Crippen LogP contribution in [0.4, 0.5) is 5.82 Å². The molecule has 2 aliphatic heterocycles. The Morgan fingerprint density at radius 1 is 1.14 bits per heavy atom. The van der Waals surface area contributed by atoms with Crippen LogP contribution in [0.3, 0.4) is 0 Å². The Morgan fingerprint density at radius 2 is 2.00 bits per heavy atom. The maximum Gasteiger partial charge on any atom is 0.162 e. The number of hydrogen-bond donors (Lipinski definition) is 0. The van der Waals surface area contributed by atoms with Crippen molar-refractivity contribution in [1.29, 1.82) is 0 Å². The summed E-state index contributed by atoms with van der Waals surface area (Å²) < 4.78 is 12.2. The predicted molar refractivity (Wildman–Crippen MR) is 145 cm³/mol. The van der Waals surface area contributed by atoms with Gasteiger partial charge in [-0.3, -0.25) is 4.90 Å². The second-order valence-corrected chi connectivity index (χ2v) is 11.0. The number of rotatable bonds is 5. The number of aryl methyl sites for hydroxylation is 1. The third-order valence-electron chi connectivity index (χ3n) is 7.46. The molecule has 0 unspecified atom stereocenters. The number of thiophene rings is 1. The Kier molecular flexibility index (Phi) is 5.50. The Labute approximate surface area is 214 Å². The lowest BCUT2D eigenvalue weighted by atomic mass is 9.99. The second-order valence-electron chi connectivity index (χ2n) is 9.99. The molecule has 0 bridgehead atoms. The van der Waals surface area contributed by atoms with Crippen LogP contribution in [0.15, 0.2) is 30.5 Å². The molecular weight excluding hydrogens is 470 g/mol. The molecule has 36 heavy (non-hydrogen) atoms. The molecule has 4 aromatic rings. The summed E-state index contributed by atoms with van der Waals surface area (Å²) in [5.74, 6) is 1.80. The van der Waals surface area contributed by atoms with Gasteiger partial charge in [-0.15, -0.1) is 11.3 Å². The maximum atomic E-state index is 5.65. The molecule has 3 aromatic heterocycles. The van der Waals surface area contributed by atoms with Crippen molar-refractivity contribution in [1.82, 2.24) is 19.9 Å². The molecular formula is C28H29N5O2S. The highest BCUT2D eigenvalue weighted by Crippen LogP contribution is 2.40. The molecule has 184 valence electrons. The van der Waals surface area contributed by atoms with Gasteiger partial charge >= 0.3 is 0 Å². The first-order chi connectivity index (χ1) is 17.7. The lowest BCUT2D eigenvalue weighted by molar-refractivity contribution is -0.0334. The average Bonchev–Trinajstić information content (AvgIpc) is 3.49. The lowest BCUT2D eigenvalue weighted by Crippen LogP contribution is -2.50. The fourth-order valence-electron chi connectivity index (χ4n) is 5.54. The minimum Gasteiger partial charge on any atom is -0.379 e. The summed E-state index contributed by atoms with van der Waals surface area (Å²) in [6.07, 6.45) is 7.78. The van der Waals surface area contributed by atoms with E-state index in [2.05, 4.69) is 47.1 Å². The van der Waals surface area contributed by atoms with Crippen molar-refractivity contribution in [3.63, 3.8) is 0 Å². The number of morpholine rings is 1. The zero-order valence-electron chi connectivity index (χ0n) is 20.7. The summed E-state index contributed by atoms with van der Waals surface area (Å²) in [6.45, 7) is 8.08. The third-order valence-corrected chi connectivity index (χ3v) is 8.56. The highest BCUT2D eigenvalue weighted by molar-refractivity contribution is 7.25. The van der Waals surface area contributed by atoms with E-state index in [1.54, 1.807) is 18.4 Å². The van der Waals surface area contributed by atoms with Crippen LogP contribution in [0.5, 0.6) is 0 Å². The molecule has 0 N–H and O–H groups in total. The van der Waals surface area contributed by atoms with E-state index in [1.165, 1.54) is 22.3 Å². The van der Waals surface area contributed by atoms with Crippen LogP contribution < -0.4 is 4.90 Å². The van der Waals surface area contributed by atoms with Crippen molar-refractivity contribution in [2.45, 2.75) is 26.0 Å². The van der Waals surface area contributed by atoms with Crippen molar-refractivity contribution >= 4 is 43.7 Å². The van der Waals surface area contributed by atoms with Gasteiger partial charge in [0.15, 0.2) is 11.6 Å². The molecule has 1 aliphatic carbocycles. The van der Waals surface area contributed by atoms with Gasteiger partial charge in [-0.25, -0.2) is 15.0 Å². The summed E-state index contributed by atoms with van der Waals surface area (Å²) >= 11 is 1.70. The van der Waals surface area contributed by atoms with Crippen molar-refractivity contribution < 1.29 is 9.47 Å². The Morgan fingerprint density at radius 3 is 2.83 bits per heavy atom. The molecule has 2 fully saturated rings. The van der Waals surface area contributed by atoms with Crippen molar-refractivity contribution in [2.24, 2.45) is 0 Å². The number of hydrogen-bond acceptors (Lipinski definition) is 8. The van der Waals surface area contributed by atoms with Crippen LogP contribution in [-0.4, -0.2) is 72.5 Å². The molecule has 7 nitrogen and oxygen atoms in total. The summed E-state index contributed by atoms with van der Waals surface area (Å²) in [5, 5.41) is 1.12. The molecule has 1 aromatic carbocycles. The first-order valence-electron chi connectivity index (χ1n) is 12.6. The number of pyridine rings is 1. The van der Waals surface area contributed by atoms with E-state index in [0.717, 1.165) is 90.0 Å². The number of anilines is 1. The van der Waals surface area contributed by atoms with Crippen LogP contribution in [-0.2, 0) is 22.4 Å². The van der Waals surface area contributed by atoms with Gasteiger partial charge in [-0.2, -0.15) is 0 Å². The quantitative estimate of drug-likeness (QED) is 0.402. The minimum absolute atomic E-state index is 0.347. The third kappa shape index (κ3) is 3.80. The van der Waals surface area contributed by atoms with Crippen molar-refractivity contribution in [3.05, 3.63) is 52.7 Å². The van der Waals surface area contributed by atoms with Crippen LogP contribution in [0, 0.1) is 6.92 Å². The number of fused-ring (bicyclic) bond motifs is 4. The molecule has 5 heterocycles. The van der Waals surface area contributed by atoms with E-state index in [-0.39, 0.29) is 0 Å². The Hall–Kier alpha value is -2.91. The number of nitrogens with zero attached hydrogens (tertiary/aromatic N) is 5. The normalized spacial score (nSPS) is 18.3. The van der Waals surface area contributed by atoms with E-state index < -0.39 is 0 Å². The summed E-state index contributed by atoms with van der Waals surface area (Å²) in [6, 6.07) is 6.79. The van der Waals surface area contributed by atoms with E-state index >= 15 is 0 Å². The SMILES string of the molecule is COC1CN(Cc2cnc3sc4c(N5CCOCC5)nc(-c5cc(C)cc6c5C=CC6)nc4c3c2)C1. The van der Waals surface area contributed by atoms with Crippen LogP contribution >= 0.6 is 11.3 Å². The van der Waals surface area contributed by atoms with Crippen molar-refractivity contribution in [3.8, 4) is 11.4 Å². The fraction of sp³-hybridized carbons (Fsp3) is 0.393. The smallest absolute Gasteiger partial charge is 0.162 e. The molecule has 3 aliphatic rings. The van der Waals surface area contributed by atoms with E-state index in [1.807, 2.05) is 6.20 Å². The van der Waals surface area contributed by atoms with Gasteiger partial charge in [0, 0.05) is 57.0 Å². The fourth-order valence-corrected chi connectivity index (χ4v) is 6.62. The predicted octanol–water partition coefficient (Wildman–Crippen LogP) is 4.45. The number of likely N-dealkylation sites (tertiary alicyclic amines) is 1. The highest BCUT2D eigenvalue weighted by atomic mass is 32.1. The number of benzene rings is 1. The summed E-state index contributed by atoms with van der Waals surface area (Å²) in [7, 11) is 1.79. The number of aromatic nitrogens is 3. The highest BCUT2D eigenvalue weighted by Gasteiger charge is 2.27. The van der Waals surface area contributed by atoms with Gasteiger partial charge in [-0.05, 0) is 42.2 Å². The van der Waals surface area contributed by atoms with Gasteiger partial charge in [0.2, 0.25) is 0 Å². The largest absolute Gasteiger partial charge is 0.379 e. The van der Waals surface area contributed by atoms with Gasteiger partial charge in [0.25, 0.3) is 0 Å². The van der Waals surface area contributed by atoms with E-state index in [9.17, 15) is 0 Å². The topological polar surface area (TPSA) is 63.6 Å². The first kappa shape index (κ1) is 22.3. The van der Waals surface area contributed by atoms with Crippen LogP contribution in [0.1, 0.15) is 22.3 Å². The molecule has 0 atom stereocenters. The van der Waals surface area contributed by atoms with E-state index in [4.69, 9.17) is 24.4 Å². The number of methoxy groups -OCH3 is 1. The van der Waals surface area contributed by atoms with Gasteiger partial charge in [0.1, 0.15) is 4.83 Å². The standard InChI is InChI=1S/C28H29N5O2S/c1-17-10-19-4-3-5-21(19)22(11-17)26-30-24-23-12-18(14-32-15-20(16-32)34-2)13-29-28(23)36-25(24)27(31-26)33-6-8-35-9-7-33/h3,5,10-13,20H,4,6-9,14-16H2,1-2H3. The molecule has 7 rings (SSSR count). The monoisotopic (exact) mass is 499 g/mol. The van der Waals surface area contributed by atoms with Gasteiger partial charge in [-0.1, -0.05) is 23.8 Å².